The standard InChI is InChI=1S/C13H21N2O2.6ClH.Sb/c1-5-17-11(16)15-14-10-8-9-6-7-13(10,4)12(9,2)3;;;;;;;/h9H,5-8H2,1-4H3;6*1H;/q+1;;;;;;;+5/p-6/t9-,13+;;;;;;;/m0......./s1. The van der Waals surface area contributed by atoms with E-state index in [2.05, 4.69) is 30.7 Å². The second-order valence-electron chi connectivity index (χ2n) is 6.80. The molecule has 2 rings (SSSR count). The zero-order valence-corrected chi connectivity index (χ0v) is 20.9. The summed E-state index contributed by atoms with van der Waals surface area (Å²) in [5.74, 6) is 0.684. The van der Waals surface area contributed by atoms with Gasteiger partial charge >= 0.3 is 73.9 Å². The van der Waals surface area contributed by atoms with Crippen LogP contribution in [0.4, 0.5) is 4.79 Å². The Bertz CT molecular complexity index is 583. The number of nitrogens with zero attached hydrogens (tertiary/aromatic N) is 2. The van der Waals surface area contributed by atoms with E-state index in [0.717, 1.165) is 18.6 Å². The average molecular weight is 572 g/mol. The van der Waals surface area contributed by atoms with Gasteiger partial charge in [-0.3, -0.25) is 0 Å². The van der Waals surface area contributed by atoms with Crippen LogP contribution in [0.25, 0.3) is 0 Å². The Morgan fingerprint density at radius 2 is 1.75 bits per heavy atom. The summed E-state index contributed by atoms with van der Waals surface area (Å²) in [6.45, 7) is 8.97. The van der Waals surface area contributed by atoms with Crippen molar-refractivity contribution in [1.82, 2.24) is 0 Å². The molecule has 0 aliphatic heterocycles. The number of rotatable bonds is 1. The fraction of sp³-hybridized carbons (Fsp3) is 0.846. The number of halogens is 6. The molecule has 142 valence electrons. The summed E-state index contributed by atoms with van der Waals surface area (Å²) in [7, 11) is 25.0. The summed E-state index contributed by atoms with van der Waals surface area (Å²) in [5, 5.41) is 3.65. The number of carbonyl (C=O) groups excluding carboxylic acids is 1. The predicted molar refractivity (Wildman–Crippen MR) is 105 cm³/mol. The van der Waals surface area contributed by atoms with Crippen molar-refractivity contribution in [3.8, 4) is 0 Å². The molecular formula is C13H21Cl6N2O2Sb. The third-order valence-electron chi connectivity index (χ3n) is 5.03. The second kappa shape index (κ2) is 6.78. The molecule has 0 saturated heterocycles. The van der Waals surface area contributed by atoms with E-state index in [1.54, 1.807) is 6.92 Å². The molecule has 0 unspecified atom stereocenters. The van der Waals surface area contributed by atoms with Crippen LogP contribution < -0.4 is 0 Å². The van der Waals surface area contributed by atoms with E-state index < -0.39 is 15.2 Å². The van der Waals surface area contributed by atoms with Gasteiger partial charge in [0.15, 0.2) is 0 Å². The second-order valence-corrected chi connectivity index (χ2v) is 63.7. The van der Waals surface area contributed by atoms with Gasteiger partial charge in [0.05, 0.1) is 23.2 Å². The third kappa shape index (κ3) is 7.20. The third-order valence-corrected chi connectivity index (χ3v) is 5.03. The number of fused-ring (bicyclic) bond motifs is 2. The number of carbonyl (C=O) groups is 1. The van der Waals surface area contributed by atoms with Crippen LogP contribution in [-0.2, 0) is 4.74 Å². The average Bonchev–Trinajstić information content (AvgIpc) is 2.65. The van der Waals surface area contributed by atoms with Crippen molar-refractivity contribution in [3.05, 3.63) is 0 Å². The van der Waals surface area contributed by atoms with Gasteiger partial charge in [0, 0.05) is 0 Å². The molecule has 11 heteroatoms. The molecule has 2 atom stereocenters. The Balaban J connectivity index is 0.000000351. The molecule has 2 bridgehead atoms. The fourth-order valence-electron chi connectivity index (χ4n) is 3.33. The van der Waals surface area contributed by atoms with Gasteiger partial charge < -0.3 is 4.74 Å². The Hall–Kier alpha value is 1.41. The van der Waals surface area contributed by atoms with Gasteiger partial charge in [0.25, 0.3) is 0 Å². The number of ether oxygens (including phenoxy) is 1. The quantitative estimate of drug-likeness (QED) is 0.196. The van der Waals surface area contributed by atoms with Crippen LogP contribution in [0.15, 0.2) is 5.11 Å². The van der Waals surface area contributed by atoms with Crippen LogP contribution in [0, 0.1) is 16.7 Å². The van der Waals surface area contributed by atoms with Crippen LogP contribution in [0.1, 0.15) is 47.0 Å². The Kier molecular flexibility index (Phi) is 6.63. The Labute approximate surface area is 162 Å². The molecule has 0 radical (unpaired) electrons. The molecular weight excluding hydrogens is 551 g/mol. The molecule has 2 aliphatic rings. The molecule has 0 N–H and O–H groups in total. The summed E-state index contributed by atoms with van der Waals surface area (Å²) in [5.41, 5.74) is 1.45. The topological polar surface area (TPSA) is 52.8 Å². The van der Waals surface area contributed by atoms with Crippen molar-refractivity contribution in [2.75, 3.05) is 6.61 Å². The van der Waals surface area contributed by atoms with Gasteiger partial charge in [-0.2, -0.15) is 0 Å². The summed E-state index contributed by atoms with van der Waals surface area (Å²) < 4.78 is 4.75. The van der Waals surface area contributed by atoms with E-state index >= 15 is 0 Å². The molecule has 2 fully saturated rings. The van der Waals surface area contributed by atoms with Gasteiger partial charge in [-0.15, -0.1) is 0 Å². The van der Waals surface area contributed by atoms with Crippen molar-refractivity contribution in [1.29, 1.82) is 0 Å². The predicted octanol–water partition coefficient (Wildman–Crippen LogP) is 6.85. The first-order valence-electron chi connectivity index (χ1n) is 7.38. The van der Waals surface area contributed by atoms with Crippen molar-refractivity contribution in [2.24, 2.45) is 21.9 Å². The van der Waals surface area contributed by atoms with Crippen molar-refractivity contribution >= 4 is 73.9 Å². The van der Waals surface area contributed by atoms with Gasteiger partial charge in [-0.1, -0.05) is 13.8 Å². The van der Waals surface area contributed by atoms with Gasteiger partial charge in [-0.05, 0) is 38.0 Å². The molecule has 4 nitrogen and oxygen atoms in total. The summed E-state index contributed by atoms with van der Waals surface area (Å²) in [4.78, 5) is 15.3. The van der Waals surface area contributed by atoms with Crippen LogP contribution in [-0.4, -0.2) is 32.3 Å². The molecule has 2 saturated carbocycles. The summed E-state index contributed by atoms with van der Waals surface area (Å²) >= 11 is 0. The molecule has 1 amide bonds. The monoisotopic (exact) mass is 568 g/mol. The van der Waals surface area contributed by atoms with Crippen LogP contribution in [0.2, 0.25) is 0 Å². The van der Waals surface area contributed by atoms with Crippen LogP contribution >= 0.6 is 53.0 Å². The molecule has 0 aromatic rings. The first kappa shape index (κ1) is 23.4. The zero-order valence-electron chi connectivity index (χ0n) is 13.8. The van der Waals surface area contributed by atoms with Gasteiger partial charge in [0.1, 0.15) is 0 Å². The fourth-order valence-corrected chi connectivity index (χ4v) is 3.33. The van der Waals surface area contributed by atoms with Crippen molar-refractivity contribution in [3.63, 3.8) is 0 Å². The maximum absolute atomic E-state index is 11.2. The normalized spacial score (nSPS) is 30.4. The maximum atomic E-state index is 11.2. The molecule has 24 heavy (non-hydrogen) atoms. The van der Waals surface area contributed by atoms with E-state index in [4.69, 9.17) is 57.7 Å². The van der Waals surface area contributed by atoms with Gasteiger partial charge in [-0.25, -0.2) is 4.79 Å². The van der Waals surface area contributed by atoms with E-state index in [1.165, 1.54) is 6.42 Å². The van der Waals surface area contributed by atoms with E-state index in [-0.39, 0.29) is 10.8 Å². The van der Waals surface area contributed by atoms with Crippen LogP contribution in [0.3, 0.4) is 0 Å². The first-order chi connectivity index (χ1) is 10.4. The Morgan fingerprint density at radius 1 is 1.25 bits per heavy atom. The zero-order chi connectivity index (χ0) is 19.1. The minimum absolute atomic E-state index is 0.105. The van der Waals surface area contributed by atoms with Gasteiger partial charge in [0.2, 0.25) is 5.11 Å². The Morgan fingerprint density at radius 3 is 2.08 bits per heavy atom. The first-order valence-corrected chi connectivity index (χ1v) is 26.8. The van der Waals surface area contributed by atoms with E-state index in [1.807, 2.05) is 0 Å². The summed E-state index contributed by atoms with van der Waals surface area (Å²) in [6, 6.07) is 0. The van der Waals surface area contributed by atoms with Crippen molar-refractivity contribution < 1.29 is 14.3 Å². The van der Waals surface area contributed by atoms with E-state index in [9.17, 15) is 4.79 Å². The minimum atomic E-state index is -5.42. The summed E-state index contributed by atoms with van der Waals surface area (Å²) in [6.07, 6.45) is 2.82. The molecule has 2 aliphatic carbocycles. The van der Waals surface area contributed by atoms with Crippen LogP contribution in [0.5, 0.6) is 0 Å². The molecule has 0 spiro atoms. The SMILES string of the molecule is CCOC(=O)N=[N+]=C1C[C@@H]2CC[C@@]1(C)C2(C)C.[Cl][Sb-]([Cl])([Cl])([Cl])([Cl])[Cl]. The molecule has 0 aromatic heterocycles. The number of amides is 1. The number of hydrogen-bond acceptors (Lipinski definition) is 2. The molecule has 0 aromatic carbocycles. The molecule has 0 heterocycles. The van der Waals surface area contributed by atoms with Crippen molar-refractivity contribution in [2.45, 2.75) is 47.0 Å². The number of hydrogen-bond donors (Lipinski definition) is 0. The van der Waals surface area contributed by atoms with E-state index in [0.29, 0.717) is 12.5 Å².